The van der Waals surface area contributed by atoms with Crippen LogP contribution in [0.3, 0.4) is 0 Å². The van der Waals surface area contributed by atoms with Gasteiger partial charge in [0.2, 0.25) is 0 Å². The highest BCUT2D eigenvalue weighted by Crippen LogP contribution is 2.26. The third-order valence-corrected chi connectivity index (χ3v) is 3.36. The lowest BCUT2D eigenvalue weighted by molar-refractivity contribution is -0.384. The first kappa shape index (κ1) is 15.5. The van der Waals surface area contributed by atoms with E-state index < -0.39 is 16.8 Å². The summed E-state index contributed by atoms with van der Waals surface area (Å²) in [5.74, 6) is -1.21. The Morgan fingerprint density at radius 3 is 2.64 bits per heavy atom. The van der Waals surface area contributed by atoms with Gasteiger partial charge in [0.15, 0.2) is 0 Å². The molecule has 0 amide bonds. The number of methoxy groups -OCH3 is 1. The average molecular weight is 301 g/mol. The number of rotatable bonds is 6. The van der Waals surface area contributed by atoms with Gasteiger partial charge in [-0.2, -0.15) is 0 Å². The molecule has 0 radical (unpaired) electrons. The van der Waals surface area contributed by atoms with Gasteiger partial charge < -0.3 is 9.84 Å². The molecule has 2 aromatic carbocycles. The first-order chi connectivity index (χ1) is 10.5. The molecule has 0 aliphatic heterocycles. The molecule has 1 unspecified atom stereocenters. The van der Waals surface area contributed by atoms with Crippen molar-refractivity contribution in [1.82, 2.24) is 0 Å². The van der Waals surface area contributed by atoms with Crippen molar-refractivity contribution in [2.75, 3.05) is 7.11 Å². The van der Waals surface area contributed by atoms with Crippen LogP contribution in [-0.2, 0) is 11.2 Å². The molecule has 0 aliphatic rings. The van der Waals surface area contributed by atoms with E-state index in [-0.39, 0.29) is 12.1 Å². The summed E-state index contributed by atoms with van der Waals surface area (Å²) in [5, 5.41) is 20.3. The predicted octanol–water partition coefficient (Wildman–Crippen LogP) is 3.01. The van der Waals surface area contributed by atoms with Gasteiger partial charge in [0.1, 0.15) is 5.75 Å². The van der Waals surface area contributed by atoms with Crippen LogP contribution in [0.4, 0.5) is 5.69 Å². The molecule has 1 N–H and O–H groups in total. The number of ether oxygens (including phenoxy) is 1. The van der Waals surface area contributed by atoms with Gasteiger partial charge in [-0.25, -0.2) is 0 Å². The first-order valence-electron chi connectivity index (χ1n) is 6.61. The van der Waals surface area contributed by atoms with Crippen LogP contribution < -0.4 is 4.74 Å². The van der Waals surface area contributed by atoms with Crippen molar-refractivity contribution in [3.8, 4) is 5.75 Å². The molecule has 0 saturated carbocycles. The number of carbonyl (C=O) groups is 1. The highest BCUT2D eigenvalue weighted by molar-refractivity contribution is 5.76. The SMILES string of the molecule is COc1cccc(C(Cc2cccc([N+](=O)[O-])c2)C(=O)O)c1. The second-order valence-electron chi connectivity index (χ2n) is 4.80. The number of nitro groups is 1. The fraction of sp³-hybridized carbons (Fsp3) is 0.188. The minimum Gasteiger partial charge on any atom is -0.497 e. The summed E-state index contributed by atoms with van der Waals surface area (Å²) in [7, 11) is 1.51. The quantitative estimate of drug-likeness (QED) is 0.654. The zero-order valence-corrected chi connectivity index (χ0v) is 11.9. The number of aliphatic carboxylic acids is 1. The van der Waals surface area contributed by atoms with Crippen molar-refractivity contribution in [2.24, 2.45) is 0 Å². The molecule has 0 bridgehead atoms. The van der Waals surface area contributed by atoms with E-state index in [0.717, 1.165) is 0 Å². The second kappa shape index (κ2) is 6.71. The van der Waals surface area contributed by atoms with Crippen LogP contribution in [0.15, 0.2) is 48.5 Å². The van der Waals surface area contributed by atoms with Crippen molar-refractivity contribution in [3.63, 3.8) is 0 Å². The fourth-order valence-electron chi connectivity index (χ4n) is 2.24. The zero-order valence-electron chi connectivity index (χ0n) is 11.9. The van der Waals surface area contributed by atoms with E-state index in [1.165, 1.54) is 19.2 Å². The lowest BCUT2D eigenvalue weighted by Crippen LogP contribution is -2.14. The molecule has 0 saturated heterocycles. The second-order valence-corrected chi connectivity index (χ2v) is 4.80. The smallest absolute Gasteiger partial charge is 0.311 e. The van der Waals surface area contributed by atoms with E-state index in [2.05, 4.69) is 0 Å². The standard InChI is InChI=1S/C16H15NO5/c1-22-14-7-3-5-12(10-14)15(16(18)19)9-11-4-2-6-13(8-11)17(20)21/h2-8,10,15H,9H2,1H3,(H,18,19). The van der Waals surface area contributed by atoms with Gasteiger partial charge in [0, 0.05) is 12.1 Å². The topological polar surface area (TPSA) is 89.7 Å². The number of nitrogens with zero attached hydrogens (tertiary/aromatic N) is 1. The Hall–Kier alpha value is -2.89. The number of carboxylic acid groups (broad SMARTS) is 1. The monoisotopic (exact) mass is 301 g/mol. The molecular formula is C16H15NO5. The van der Waals surface area contributed by atoms with E-state index in [1.54, 1.807) is 36.4 Å². The summed E-state index contributed by atoms with van der Waals surface area (Å²) in [4.78, 5) is 21.9. The first-order valence-corrected chi connectivity index (χ1v) is 6.61. The van der Waals surface area contributed by atoms with E-state index in [0.29, 0.717) is 16.9 Å². The number of hydrogen-bond acceptors (Lipinski definition) is 4. The van der Waals surface area contributed by atoms with Crippen LogP contribution in [0, 0.1) is 10.1 Å². The average Bonchev–Trinajstić information content (AvgIpc) is 2.52. The largest absolute Gasteiger partial charge is 0.497 e. The van der Waals surface area contributed by atoms with E-state index in [9.17, 15) is 20.0 Å². The highest BCUT2D eigenvalue weighted by Gasteiger charge is 2.21. The Balaban J connectivity index is 2.31. The van der Waals surface area contributed by atoms with Crippen LogP contribution in [0.5, 0.6) is 5.75 Å². The molecule has 114 valence electrons. The fourth-order valence-corrected chi connectivity index (χ4v) is 2.24. The molecule has 22 heavy (non-hydrogen) atoms. The van der Waals surface area contributed by atoms with Crippen molar-refractivity contribution >= 4 is 11.7 Å². The van der Waals surface area contributed by atoms with Crippen molar-refractivity contribution < 1.29 is 19.6 Å². The highest BCUT2D eigenvalue weighted by atomic mass is 16.6. The van der Waals surface area contributed by atoms with Gasteiger partial charge in [-0.05, 0) is 29.7 Å². The zero-order chi connectivity index (χ0) is 16.1. The van der Waals surface area contributed by atoms with E-state index in [4.69, 9.17) is 4.74 Å². The van der Waals surface area contributed by atoms with Crippen molar-refractivity contribution in [1.29, 1.82) is 0 Å². The van der Waals surface area contributed by atoms with Crippen molar-refractivity contribution in [3.05, 3.63) is 69.8 Å². The minimum absolute atomic E-state index is 0.0488. The Labute approximate surface area is 127 Å². The molecule has 0 heterocycles. The maximum atomic E-state index is 11.5. The molecule has 6 nitrogen and oxygen atoms in total. The van der Waals surface area contributed by atoms with Gasteiger partial charge in [-0.15, -0.1) is 0 Å². The van der Waals surface area contributed by atoms with E-state index in [1.807, 2.05) is 0 Å². The third-order valence-electron chi connectivity index (χ3n) is 3.36. The summed E-state index contributed by atoms with van der Waals surface area (Å²) in [6.07, 6.45) is 0.171. The van der Waals surface area contributed by atoms with Crippen LogP contribution in [-0.4, -0.2) is 23.1 Å². The number of nitro benzene ring substituents is 1. The van der Waals surface area contributed by atoms with Crippen LogP contribution in [0.25, 0.3) is 0 Å². The Bertz CT molecular complexity index is 698. The lowest BCUT2D eigenvalue weighted by atomic mass is 9.92. The Morgan fingerprint density at radius 1 is 1.27 bits per heavy atom. The Kier molecular flexibility index (Phi) is 4.73. The van der Waals surface area contributed by atoms with Gasteiger partial charge in [0.05, 0.1) is 18.0 Å². The molecule has 1 atom stereocenters. The normalized spacial score (nSPS) is 11.7. The maximum absolute atomic E-state index is 11.5. The predicted molar refractivity (Wildman–Crippen MR) is 80.2 cm³/mol. The molecule has 0 aliphatic carbocycles. The summed E-state index contributed by atoms with van der Waals surface area (Å²) in [5.41, 5.74) is 1.15. The number of hydrogen-bond donors (Lipinski definition) is 1. The molecule has 0 fully saturated rings. The van der Waals surface area contributed by atoms with Crippen LogP contribution >= 0.6 is 0 Å². The van der Waals surface area contributed by atoms with Crippen LogP contribution in [0.2, 0.25) is 0 Å². The minimum atomic E-state index is -0.986. The molecular weight excluding hydrogens is 286 g/mol. The van der Waals surface area contributed by atoms with Gasteiger partial charge in [-0.3, -0.25) is 14.9 Å². The molecule has 0 aromatic heterocycles. The summed E-state index contributed by atoms with van der Waals surface area (Å²) in [6.45, 7) is 0. The summed E-state index contributed by atoms with van der Waals surface area (Å²) in [6, 6.07) is 12.8. The van der Waals surface area contributed by atoms with Crippen LogP contribution in [0.1, 0.15) is 17.0 Å². The third kappa shape index (κ3) is 3.60. The van der Waals surface area contributed by atoms with E-state index >= 15 is 0 Å². The number of carboxylic acids is 1. The number of non-ortho nitro benzene ring substituents is 1. The molecule has 2 rings (SSSR count). The summed E-state index contributed by atoms with van der Waals surface area (Å²) < 4.78 is 5.10. The molecule has 6 heteroatoms. The Morgan fingerprint density at radius 2 is 2.00 bits per heavy atom. The van der Waals surface area contributed by atoms with Gasteiger partial charge in [0.25, 0.3) is 5.69 Å². The van der Waals surface area contributed by atoms with Gasteiger partial charge >= 0.3 is 5.97 Å². The molecule has 2 aromatic rings. The lowest BCUT2D eigenvalue weighted by Gasteiger charge is -2.14. The van der Waals surface area contributed by atoms with Gasteiger partial charge in [-0.1, -0.05) is 24.3 Å². The maximum Gasteiger partial charge on any atom is 0.311 e. The number of benzene rings is 2. The van der Waals surface area contributed by atoms with Crippen molar-refractivity contribution in [2.45, 2.75) is 12.3 Å². The summed E-state index contributed by atoms with van der Waals surface area (Å²) >= 11 is 0. The molecule has 0 spiro atoms.